The highest BCUT2D eigenvalue weighted by molar-refractivity contribution is 7.98. The molecule has 2 aromatic rings. The average Bonchev–Trinajstić information content (AvgIpc) is 2.85. The Hall–Kier alpha value is -2.10. The third-order valence-corrected chi connectivity index (χ3v) is 3.05. The van der Waals surface area contributed by atoms with Crippen molar-refractivity contribution in [3.8, 4) is 0 Å². The molecule has 0 saturated carbocycles. The molecule has 1 heterocycles. The maximum absolute atomic E-state index is 12.2. The second-order valence-electron chi connectivity index (χ2n) is 3.58. The lowest BCUT2D eigenvalue weighted by Gasteiger charge is -1.99. The monoisotopic (exact) mass is 305 g/mol. The lowest BCUT2D eigenvalue weighted by atomic mass is 10.2. The van der Waals surface area contributed by atoms with Crippen molar-refractivity contribution < 1.29 is 22.5 Å². The van der Waals surface area contributed by atoms with Gasteiger partial charge in [-0.3, -0.25) is 10.1 Å². The number of rotatable bonds is 4. The minimum Gasteiger partial charge on any atom is -0.408 e. The van der Waals surface area contributed by atoms with Gasteiger partial charge in [0.1, 0.15) is 0 Å². The molecule has 1 aromatic heterocycles. The van der Waals surface area contributed by atoms with E-state index in [1.54, 1.807) is 0 Å². The van der Waals surface area contributed by atoms with E-state index in [1.165, 1.54) is 24.3 Å². The Bertz CT molecular complexity index is 612. The Balaban J connectivity index is 1.98. The van der Waals surface area contributed by atoms with Crippen LogP contribution in [0.25, 0.3) is 0 Å². The van der Waals surface area contributed by atoms with Crippen molar-refractivity contribution in [3.63, 3.8) is 0 Å². The first-order valence-corrected chi connectivity index (χ1v) is 6.11. The number of aromatic nitrogens is 2. The lowest BCUT2D eigenvalue weighted by Crippen LogP contribution is -2.04. The third-order valence-electron chi connectivity index (χ3n) is 2.16. The van der Waals surface area contributed by atoms with Gasteiger partial charge in [-0.25, -0.2) is 0 Å². The second-order valence-corrected chi connectivity index (χ2v) is 4.51. The number of nitro groups is 1. The quantitative estimate of drug-likeness (QED) is 0.490. The summed E-state index contributed by atoms with van der Waals surface area (Å²) >= 11 is 0.915. The molecule has 0 unspecified atom stereocenters. The minimum atomic E-state index is -4.67. The van der Waals surface area contributed by atoms with Gasteiger partial charge in [-0.1, -0.05) is 23.9 Å². The standard InChI is InChI=1S/C10H6F3N3O3S/c11-10(12,13)8-14-15-9(19-8)20-5-6-1-3-7(4-2-6)16(17)18/h1-4H,5H2. The number of nitrogens with zero attached hydrogens (tertiary/aromatic N) is 3. The first-order valence-electron chi connectivity index (χ1n) is 5.13. The number of non-ortho nitro benzene ring substituents is 1. The summed E-state index contributed by atoms with van der Waals surface area (Å²) in [5.74, 6) is -1.14. The van der Waals surface area contributed by atoms with E-state index in [9.17, 15) is 23.3 Å². The largest absolute Gasteiger partial charge is 0.470 e. The summed E-state index contributed by atoms with van der Waals surface area (Å²) in [6, 6.07) is 5.63. The number of alkyl halides is 3. The summed E-state index contributed by atoms with van der Waals surface area (Å²) in [5.41, 5.74) is 0.628. The molecule has 0 aliphatic rings. The number of hydrogen-bond acceptors (Lipinski definition) is 6. The number of benzene rings is 1. The SMILES string of the molecule is O=[N+]([O-])c1ccc(CSc2nnc(C(F)(F)F)o2)cc1. The molecule has 20 heavy (non-hydrogen) atoms. The molecule has 0 radical (unpaired) electrons. The first kappa shape index (κ1) is 14.3. The molecule has 106 valence electrons. The summed E-state index contributed by atoms with van der Waals surface area (Å²) in [5, 5.41) is 16.4. The van der Waals surface area contributed by atoms with Crippen molar-refractivity contribution in [2.24, 2.45) is 0 Å². The fraction of sp³-hybridized carbons (Fsp3) is 0.200. The van der Waals surface area contributed by atoms with Gasteiger partial charge in [-0.15, -0.1) is 10.2 Å². The van der Waals surface area contributed by atoms with Crippen LogP contribution in [0.15, 0.2) is 33.9 Å². The van der Waals surface area contributed by atoms with Crippen LogP contribution in [0, 0.1) is 10.1 Å². The Morgan fingerprint density at radius 3 is 2.40 bits per heavy atom. The molecule has 0 spiro atoms. The van der Waals surface area contributed by atoms with Gasteiger partial charge in [0.2, 0.25) is 0 Å². The van der Waals surface area contributed by atoms with E-state index in [2.05, 4.69) is 14.6 Å². The van der Waals surface area contributed by atoms with E-state index in [0.717, 1.165) is 11.8 Å². The average molecular weight is 305 g/mol. The minimum absolute atomic E-state index is 0.0594. The van der Waals surface area contributed by atoms with Crippen LogP contribution < -0.4 is 0 Å². The van der Waals surface area contributed by atoms with Gasteiger partial charge in [0.25, 0.3) is 10.9 Å². The Morgan fingerprint density at radius 2 is 1.90 bits per heavy atom. The molecule has 1 aromatic carbocycles. The zero-order valence-corrected chi connectivity index (χ0v) is 10.4. The van der Waals surface area contributed by atoms with Crippen LogP contribution in [0.2, 0.25) is 0 Å². The topological polar surface area (TPSA) is 82.1 Å². The lowest BCUT2D eigenvalue weighted by molar-refractivity contribution is -0.384. The summed E-state index contributed by atoms with van der Waals surface area (Å²) in [6.45, 7) is 0. The summed E-state index contributed by atoms with van der Waals surface area (Å²) in [7, 11) is 0. The van der Waals surface area contributed by atoms with E-state index < -0.39 is 17.0 Å². The molecule has 0 aliphatic heterocycles. The van der Waals surface area contributed by atoms with Gasteiger partial charge in [-0.2, -0.15) is 13.2 Å². The van der Waals surface area contributed by atoms with Gasteiger partial charge in [0.05, 0.1) is 4.92 Å². The highest BCUT2D eigenvalue weighted by Gasteiger charge is 2.38. The van der Waals surface area contributed by atoms with Crippen molar-refractivity contribution >= 4 is 17.4 Å². The molecule has 0 bridgehead atoms. The molecule has 0 atom stereocenters. The molecule has 0 amide bonds. The second kappa shape index (κ2) is 5.49. The van der Waals surface area contributed by atoms with Gasteiger partial charge in [-0.05, 0) is 5.56 Å². The van der Waals surface area contributed by atoms with Crippen molar-refractivity contribution in [2.75, 3.05) is 0 Å². The molecule has 10 heteroatoms. The van der Waals surface area contributed by atoms with Crippen molar-refractivity contribution in [2.45, 2.75) is 17.2 Å². The maximum atomic E-state index is 12.2. The highest BCUT2D eigenvalue weighted by atomic mass is 32.2. The molecular weight excluding hydrogens is 299 g/mol. The van der Waals surface area contributed by atoms with Crippen molar-refractivity contribution in [3.05, 3.63) is 45.8 Å². The molecular formula is C10H6F3N3O3S. The van der Waals surface area contributed by atoms with Gasteiger partial charge in [0, 0.05) is 17.9 Å². The number of nitro benzene ring substituents is 1. The first-order chi connectivity index (χ1) is 9.36. The zero-order valence-electron chi connectivity index (χ0n) is 9.63. The molecule has 0 saturated heterocycles. The zero-order chi connectivity index (χ0) is 14.8. The smallest absolute Gasteiger partial charge is 0.408 e. The summed E-state index contributed by atoms with van der Waals surface area (Å²) < 4.78 is 41.1. The Labute approximate surface area is 114 Å². The number of hydrogen-bond donors (Lipinski definition) is 0. The van der Waals surface area contributed by atoms with Crippen molar-refractivity contribution in [1.82, 2.24) is 10.2 Å². The van der Waals surface area contributed by atoms with E-state index in [0.29, 0.717) is 5.56 Å². The Kier molecular flexibility index (Phi) is 3.93. The van der Waals surface area contributed by atoms with E-state index >= 15 is 0 Å². The van der Waals surface area contributed by atoms with Crippen LogP contribution in [0.1, 0.15) is 11.5 Å². The molecule has 6 nitrogen and oxygen atoms in total. The predicted molar refractivity (Wildman–Crippen MR) is 62.0 cm³/mol. The van der Waals surface area contributed by atoms with Crippen molar-refractivity contribution in [1.29, 1.82) is 0 Å². The van der Waals surface area contributed by atoms with Crippen LogP contribution >= 0.6 is 11.8 Å². The fourth-order valence-electron chi connectivity index (χ4n) is 1.24. The highest BCUT2D eigenvalue weighted by Crippen LogP contribution is 2.31. The van der Waals surface area contributed by atoms with Crippen LogP contribution in [0.3, 0.4) is 0 Å². The van der Waals surface area contributed by atoms with Gasteiger partial charge >= 0.3 is 12.1 Å². The van der Waals surface area contributed by atoms with Gasteiger partial charge in [0.15, 0.2) is 0 Å². The molecule has 0 fully saturated rings. The normalized spacial score (nSPS) is 11.6. The maximum Gasteiger partial charge on any atom is 0.470 e. The summed E-state index contributed by atoms with van der Waals surface area (Å²) in [4.78, 5) is 9.91. The molecule has 0 N–H and O–H groups in total. The van der Waals surface area contributed by atoms with Crippen LogP contribution in [0.4, 0.5) is 18.9 Å². The third kappa shape index (κ3) is 3.47. The van der Waals surface area contributed by atoms with Crippen LogP contribution in [-0.2, 0) is 11.9 Å². The summed E-state index contributed by atoms with van der Waals surface area (Å²) in [6.07, 6.45) is -4.67. The van der Waals surface area contributed by atoms with E-state index in [-0.39, 0.29) is 16.7 Å². The number of halogens is 3. The van der Waals surface area contributed by atoms with E-state index in [1.807, 2.05) is 0 Å². The van der Waals surface area contributed by atoms with Crippen LogP contribution in [-0.4, -0.2) is 15.1 Å². The van der Waals surface area contributed by atoms with Gasteiger partial charge < -0.3 is 4.42 Å². The van der Waals surface area contributed by atoms with Crippen LogP contribution in [0.5, 0.6) is 0 Å². The van der Waals surface area contributed by atoms with E-state index in [4.69, 9.17) is 0 Å². The predicted octanol–water partition coefficient (Wildman–Crippen LogP) is 3.29. The number of thioether (sulfide) groups is 1. The Morgan fingerprint density at radius 1 is 1.25 bits per heavy atom. The fourth-order valence-corrected chi connectivity index (χ4v) is 1.96. The molecule has 2 rings (SSSR count). The molecule has 0 aliphatic carbocycles.